The van der Waals surface area contributed by atoms with Gasteiger partial charge in [-0.1, -0.05) is 30.3 Å². The molecule has 3 aromatic rings. The number of aromatic nitrogens is 4. The van der Waals surface area contributed by atoms with Gasteiger partial charge in [0.1, 0.15) is 18.7 Å². The van der Waals surface area contributed by atoms with Crippen molar-refractivity contribution >= 4 is 11.8 Å². The summed E-state index contributed by atoms with van der Waals surface area (Å²) in [7, 11) is 1.52. The fourth-order valence-corrected chi connectivity index (χ4v) is 2.79. The molecule has 0 N–H and O–H groups in total. The maximum Gasteiger partial charge on any atom is 0.331 e. The average Bonchev–Trinajstić information content (AvgIpc) is 3.25. The fraction of sp³-hybridized carbons (Fsp3) is 0.250. The van der Waals surface area contributed by atoms with Gasteiger partial charge in [0.2, 0.25) is 0 Å². The van der Waals surface area contributed by atoms with Crippen molar-refractivity contribution in [1.82, 2.24) is 20.2 Å². The van der Waals surface area contributed by atoms with Gasteiger partial charge in [0.15, 0.2) is 11.8 Å². The molecule has 1 atom stereocenters. The molecule has 0 spiro atoms. The monoisotopic (exact) mass is 380 g/mol. The van der Waals surface area contributed by atoms with Crippen molar-refractivity contribution in [3.63, 3.8) is 0 Å². The van der Waals surface area contributed by atoms with E-state index in [0.717, 1.165) is 5.56 Å². The molecule has 3 rings (SSSR count). The van der Waals surface area contributed by atoms with E-state index in [0.29, 0.717) is 23.3 Å². The van der Waals surface area contributed by atoms with Crippen LogP contribution in [0.15, 0.2) is 54.9 Å². The van der Waals surface area contributed by atoms with E-state index in [-0.39, 0.29) is 12.4 Å². The van der Waals surface area contributed by atoms with Gasteiger partial charge in [0.05, 0.1) is 7.11 Å². The Balaban J connectivity index is 1.77. The topological polar surface area (TPSA) is 96.2 Å². The number of ketones is 1. The normalized spacial score (nSPS) is 11.6. The molecule has 144 valence electrons. The molecule has 0 bridgehead atoms. The summed E-state index contributed by atoms with van der Waals surface area (Å²) in [6, 6.07) is 13.9. The van der Waals surface area contributed by atoms with Crippen LogP contribution in [0.4, 0.5) is 0 Å². The molecule has 1 aromatic heterocycles. The summed E-state index contributed by atoms with van der Waals surface area (Å²) >= 11 is 0. The van der Waals surface area contributed by atoms with Gasteiger partial charge in [-0.25, -0.2) is 9.48 Å². The molecule has 0 unspecified atom stereocenters. The van der Waals surface area contributed by atoms with Crippen molar-refractivity contribution in [3.05, 3.63) is 71.5 Å². The van der Waals surface area contributed by atoms with Gasteiger partial charge in [-0.05, 0) is 41.1 Å². The lowest BCUT2D eigenvalue weighted by Crippen LogP contribution is -2.25. The van der Waals surface area contributed by atoms with E-state index in [1.165, 1.54) is 25.0 Å². The molecule has 0 radical (unpaired) electrons. The number of tetrazole rings is 1. The van der Waals surface area contributed by atoms with Crippen LogP contribution < -0.4 is 4.74 Å². The predicted octanol–water partition coefficient (Wildman–Crippen LogP) is 2.41. The third-order valence-electron chi connectivity index (χ3n) is 4.29. The van der Waals surface area contributed by atoms with Gasteiger partial charge in [0.25, 0.3) is 0 Å². The van der Waals surface area contributed by atoms with E-state index in [2.05, 4.69) is 15.5 Å². The molecule has 8 heteroatoms. The number of Topliss-reactive ketones (excluding diaryl/α,β-unsaturated/α-hetero) is 1. The van der Waals surface area contributed by atoms with E-state index in [1.807, 2.05) is 30.3 Å². The van der Waals surface area contributed by atoms with Crippen LogP contribution in [0.5, 0.6) is 5.75 Å². The number of hydrogen-bond acceptors (Lipinski definition) is 7. The number of carbonyl (C=O) groups is 2. The Morgan fingerprint density at radius 1 is 1.14 bits per heavy atom. The lowest BCUT2D eigenvalue weighted by Gasteiger charge is -2.16. The van der Waals surface area contributed by atoms with Crippen LogP contribution in [0.1, 0.15) is 34.5 Å². The summed E-state index contributed by atoms with van der Waals surface area (Å²) in [5, 5.41) is 11.1. The number of methoxy groups -OCH3 is 1. The highest BCUT2D eigenvalue weighted by Gasteiger charge is 2.24. The van der Waals surface area contributed by atoms with Crippen molar-refractivity contribution in [1.29, 1.82) is 0 Å². The van der Waals surface area contributed by atoms with Gasteiger partial charge >= 0.3 is 5.97 Å². The second-order valence-electron chi connectivity index (χ2n) is 6.19. The van der Waals surface area contributed by atoms with Crippen molar-refractivity contribution in [2.45, 2.75) is 26.0 Å². The molecule has 0 saturated carbocycles. The average molecular weight is 380 g/mol. The lowest BCUT2D eigenvalue weighted by molar-refractivity contribution is -0.149. The Kier molecular flexibility index (Phi) is 6.11. The second kappa shape index (κ2) is 8.90. The van der Waals surface area contributed by atoms with E-state index in [4.69, 9.17) is 9.47 Å². The van der Waals surface area contributed by atoms with Crippen molar-refractivity contribution in [2.24, 2.45) is 0 Å². The number of esters is 1. The zero-order valence-electron chi connectivity index (χ0n) is 15.6. The second-order valence-corrected chi connectivity index (χ2v) is 6.19. The minimum absolute atomic E-state index is 0.0312. The van der Waals surface area contributed by atoms with Gasteiger partial charge in [0, 0.05) is 17.5 Å². The first-order valence-electron chi connectivity index (χ1n) is 8.69. The van der Waals surface area contributed by atoms with Crippen LogP contribution in [0.2, 0.25) is 0 Å². The van der Waals surface area contributed by atoms with E-state index in [1.54, 1.807) is 18.2 Å². The van der Waals surface area contributed by atoms with Crippen molar-refractivity contribution in [3.8, 4) is 5.75 Å². The lowest BCUT2D eigenvalue weighted by atomic mass is 10.1. The van der Waals surface area contributed by atoms with Gasteiger partial charge < -0.3 is 9.47 Å². The van der Waals surface area contributed by atoms with Crippen LogP contribution in [0.3, 0.4) is 0 Å². The predicted molar refractivity (Wildman–Crippen MR) is 99.8 cm³/mol. The van der Waals surface area contributed by atoms with Gasteiger partial charge in [-0.3, -0.25) is 4.79 Å². The van der Waals surface area contributed by atoms with Crippen molar-refractivity contribution in [2.75, 3.05) is 7.11 Å². The molecular weight excluding hydrogens is 360 g/mol. The SMILES string of the molecule is COc1ccc(C(C)=O)cc1COC(=O)[C@H](Cc1ccccc1)n1cnnn1. The molecule has 0 aliphatic heterocycles. The molecule has 0 aliphatic carbocycles. The highest BCUT2D eigenvalue weighted by molar-refractivity contribution is 5.94. The smallest absolute Gasteiger partial charge is 0.331 e. The molecule has 2 aromatic carbocycles. The van der Waals surface area contributed by atoms with Crippen LogP contribution >= 0.6 is 0 Å². The maximum absolute atomic E-state index is 12.8. The van der Waals surface area contributed by atoms with E-state index < -0.39 is 12.0 Å². The fourth-order valence-electron chi connectivity index (χ4n) is 2.79. The summed E-state index contributed by atoms with van der Waals surface area (Å²) in [6.45, 7) is 1.45. The Hall–Kier alpha value is -3.55. The molecule has 28 heavy (non-hydrogen) atoms. The van der Waals surface area contributed by atoms with Gasteiger partial charge in [-0.15, -0.1) is 5.10 Å². The Morgan fingerprint density at radius 2 is 1.93 bits per heavy atom. The molecule has 8 nitrogen and oxygen atoms in total. The van der Waals surface area contributed by atoms with Crippen LogP contribution in [-0.4, -0.2) is 39.1 Å². The molecule has 0 fully saturated rings. The molecular formula is C20H20N4O4. The zero-order chi connectivity index (χ0) is 19.9. The molecule has 0 saturated heterocycles. The Morgan fingerprint density at radius 3 is 2.57 bits per heavy atom. The third kappa shape index (κ3) is 4.59. The first kappa shape index (κ1) is 19.2. The Bertz CT molecular complexity index is 942. The maximum atomic E-state index is 12.8. The molecule has 1 heterocycles. The van der Waals surface area contributed by atoms with Crippen LogP contribution in [0, 0.1) is 0 Å². The summed E-state index contributed by atoms with van der Waals surface area (Å²) in [6.07, 6.45) is 1.77. The summed E-state index contributed by atoms with van der Waals surface area (Å²) < 4.78 is 12.2. The molecule has 0 amide bonds. The summed E-state index contributed by atoms with van der Waals surface area (Å²) in [5.41, 5.74) is 2.09. The van der Waals surface area contributed by atoms with Crippen LogP contribution in [-0.2, 0) is 22.6 Å². The number of nitrogens with zero attached hydrogens (tertiary/aromatic N) is 4. The number of rotatable bonds is 8. The number of ether oxygens (including phenoxy) is 2. The van der Waals surface area contributed by atoms with Gasteiger partial charge in [-0.2, -0.15) is 0 Å². The number of benzene rings is 2. The Labute approximate surface area is 162 Å². The number of carbonyl (C=O) groups excluding carboxylic acids is 2. The summed E-state index contributed by atoms with van der Waals surface area (Å²) in [4.78, 5) is 24.4. The zero-order valence-corrected chi connectivity index (χ0v) is 15.6. The first-order chi connectivity index (χ1) is 13.6. The minimum atomic E-state index is -0.709. The standard InChI is InChI=1S/C20H20N4O4/c1-14(25)16-8-9-19(27-2)17(11-16)12-28-20(26)18(24-13-21-22-23-24)10-15-6-4-3-5-7-15/h3-9,11,13,18H,10,12H2,1-2H3/t18-/m0/s1. The quantitative estimate of drug-likeness (QED) is 0.437. The van der Waals surface area contributed by atoms with E-state index >= 15 is 0 Å². The highest BCUT2D eigenvalue weighted by atomic mass is 16.5. The van der Waals surface area contributed by atoms with E-state index in [9.17, 15) is 9.59 Å². The largest absolute Gasteiger partial charge is 0.496 e. The van der Waals surface area contributed by atoms with Crippen LogP contribution in [0.25, 0.3) is 0 Å². The minimum Gasteiger partial charge on any atom is -0.496 e. The third-order valence-corrected chi connectivity index (χ3v) is 4.29. The highest BCUT2D eigenvalue weighted by Crippen LogP contribution is 2.23. The molecule has 0 aliphatic rings. The van der Waals surface area contributed by atoms with Crippen molar-refractivity contribution < 1.29 is 19.1 Å². The number of hydrogen-bond donors (Lipinski definition) is 0. The first-order valence-corrected chi connectivity index (χ1v) is 8.69. The summed E-state index contributed by atoms with van der Waals surface area (Å²) in [5.74, 6) is -0.0165.